The van der Waals surface area contributed by atoms with Crippen molar-refractivity contribution in [3.8, 4) is 73.2 Å². The fraction of sp³-hybridized carbons (Fsp3) is 0.0577. The van der Waals surface area contributed by atoms with E-state index >= 15 is 0 Å². The summed E-state index contributed by atoms with van der Waals surface area (Å²) in [7, 11) is 0. The summed E-state index contributed by atoms with van der Waals surface area (Å²) in [6, 6.07) is 56.1. The Morgan fingerprint density at radius 3 is 1.53 bits per heavy atom. The molecule has 0 saturated carbocycles. The molecule has 0 aliphatic heterocycles. The van der Waals surface area contributed by atoms with Crippen molar-refractivity contribution in [1.82, 2.24) is 29.5 Å². The second kappa shape index (κ2) is 13.3. The van der Waals surface area contributed by atoms with Gasteiger partial charge >= 0.3 is 0 Å². The summed E-state index contributed by atoms with van der Waals surface area (Å²) < 4.78 is 2.54. The predicted molar refractivity (Wildman–Crippen MR) is 234 cm³/mol. The van der Waals surface area contributed by atoms with Crippen molar-refractivity contribution in [1.29, 1.82) is 0 Å². The van der Waals surface area contributed by atoms with E-state index in [2.05, 4.69) is 162 Å². The third kappa shape index (κ3) is 5.30. The van der Waals surface area contributed by atoms with E-state index in [1.54, 1.807) is 24.8 Å². The maximum absolute atomic E-state index is 5.18. The van der Waals surface area contributed by atoms with Crippen LogP contribution in [0.1, 0.15) is 25.0 Å². The molecule has 0 spiro atoms. The zero-order valence-corrected chi connectivity index (χ0v) is 32.0. The molecule has 0 saturated heterocycles. The lowest BCUT2D eigenvalue weighted by atomic mass is 9.82. The maximum atomic E-state index is 5.18. The summed E-state index contributed by atoms with van der Waals surface area (Å²) in [4.78, 5) is 23.8. The van der Waals surface area contributed by atoms with Crippen LogP contribution >= 0.6 is 0 Å². The molecule has 1 aliphatic rings. The molecule has 0 radical (unpaired) electrons. The van der Waals surface area contributed by atoms with Crippen molar-refractivity contribution in [2.24, 2.45) is 0 Å². The third-order valence-electron chi connectivity index (χ3n) is 11.7. The van der Waals surface area contributed by atoms with Crippen molar-refractivity contribution in [3.05, 3.63) is 194 Å². The van der Waals surface area contributed by atoms with Crippen LogP contribution in [0, 0.1) is 0 Å². The summed E-state index contributed by atoms with van der Waals surface area (Å²) in [6.45, 7) is 4.70. The largest absolute Gasteiger partial charge is 0.307 e. The average molecular weight is 745 g/mol. The van der Waals surface area contributed by atoms with E-state index in [9.17, 15) is 0 Å². The zero-order valence-electron chi connectivity index (χ0n) is 32.0. The molecular weight excluding hydrogens is 709 g/mol. The molecule has 58 heavy (non-hydrogen) atoms. The van der Waals surface area contributed by atoms with Crippen molar-refractivity contribution in [3.63, 3.8) is 0 Å². The Morgan fingerprint density at radius 1 is 0.414 bits per heavy atom. The number of aromatic nitrogens is 6. The van der Waals surface area contributed by atoms with Crippen LogP contribution < -0.4 is 0 Å². The number of fused-ring (bicyclic) bond motifs is 7. The Hall–Kier alpha value is -7.57. The van der Waals surface area contributed by atoms with Gasteiger partial charge in [-0.25, -0.2) is 15.0 Å². The molecule has 0 atom stereocenters. The number of benzene rings is 6. The minimum atomic E-state index is -0.159. The van der Waals surface area contributed by atoms with Gasteiger partial charge in [-0.15, -0.1) is 0 Å². The Bertz CT molecular complexity index is 3060. The maximum Gasteiger partial charge on any atom is 0.164 e. The molecule has 4 aromatic heterocycles. The minimum Gasteiger partial charge on any atom is -0.307 e. The fourth-order valence-corrected chi connectivity index (χ4v) is 8.92. The van der Waals surface area contributed by atoms with Gasteiger partial charge in [0.15, 0.2) is 17.5 Å². The van der Waals surface area contributed by atoms with E-state index in [4.69, 9.17) is 15.0 Å². The van der Waals surface area contributed by atoms with Crippen LogP contribution in [0.25, 0.3) is 95.0 Å². The van der Waals surface area contributed by atoms with Gasteiger partial charge < -0.3 is 4.57 Å². The zero-order chi connectivity index (χ0) is 38.8. The predicted octanol–water partition coefficient (Wildman–Crippen LogP) is 12.4. The Labute approximate surface area is 336 Å². The van der Waals surface area contributed by atoms with Crippen LogP contribution in [-0.4, -0.2) is 29.5 Å². The second-order valence-corrected chi connectivity index (χ2v) is 15.3. The highest BCUT2D eigenvalue weighted by Gasteiger charge is 2.38. The van der Waals surface area contributed by atoms with Crippen LogP contribution in [0.3, 0.4) is 0 Å². The molecule has 0 amide bonds. The minimum absolute atomic E-state index is 0.159. The van der Waals surface area contributed by atoms with Gasteiger partial charge in [0.25, 0.3) is 0 Å². The first-order valence-corrected chi connectivity index (χ1v) is 19.6. The van der Waals surface area contributed by atoms with Crippen molar-refractivity contribution in [2.75, 3.05) is 0 Å². The summed E-state index contributed by atoms with van der Waals surface area (Å²) in [5, 5.41) is 2.44. The van der Waals surface area contributed by atoms with Gasteiger partial charge in [0.1, 0.15) is 0 Å². The summed E-state index contributed by atoms with van der Waals surface area (Å²) >= 11 is 0. The fourth-order valence-electron chi connectivity index (χ4n) is 8.92. The SMILES string of the molecule is CC1(C)c2ccccc2-c2c1ccc1c3ccccc3n(-c3c(-c4ccccc4)cc(-c4nc(-c5ccncc5)nc(-c5ccncc5)n4)cc3-c3ccccc3)c21. The first-order chi connectivity index (χ1) is 28.5. The van der Waals surface area contributed by atoms with Crippen LogP contribution in [0.5, 0.6) is 0 Å². The van der Waals surface area contributed by atoms with Gasteiger partial charge in [-0.05, 0) is 70.3 Å². The van der Waals surface area contributed by atoms with Crippen LogP contribution in [-0.2, 0) is 5.41 Å². The van der Waals surface area contributed by atoms with Crippen molar-refractivity contribution >= 4 is 21.8 Å². The average Bonchev–Trinajstić information content (AvgIpc) is 3.75. The molecule has 10 aromatic rings. The van der Waals surface area contributed by atoms with Crippen molar-refractivity contribution < 1.29 is 0 Å². The molecule has 11 rings (SSSR count). The monoisotopic (exact) mass is 744 g/mol. The van der Waals surface area contributed by atoms with Crippen molar-refractivity contribution in [2.45, 2.75) is 19.3 Å². The molecule has 1 aliphatic carbocycles. The molecular formula is C52H36N6. The Kier molecular flexibility index (Phi) is 7.73. The molecule has 6 aromatic carbocycles. The first kappa shape index (κ1) is 33.7. The number of para-hydroxylation sites is 1. The molecule has 4 heterocycles. The second-order valence-electron chi connectivity index (χ2n) is 15.3. The molecule has 274 valence electrons. The van der Waals surface area contributed by atoms with E-state index in [0.717, 1.165) is 50.1 Å². The van der Waals surface area contributed by atoms with Crippen LogP contribution in [0.15, 0.2) is 183 Å². The van der Waals surface area contributed by atoms with Gasteiger partial charge in [0.2, 0.25) is 0 Å². The molecule has 0 unspecified atom stereocenters. The lowest BCUT2D eigenvalue weighted by molar-refractivity contribution is 0.661. The Balaban J connectivity index is 1.29. The van der Waals surface area contributed by atoms with Crippen LogP contribution in [0.4, 0.5) is 0 Å². The first-order valence-electron chi connectivity index (χ1n) is 19.6. The standard InChI is InChI=1S/C52H36N6/c1-52(2)43-19-11-9-18-40(43)46-44(52)22-21-39-38-17-10-12-20-45(38)58(48(39)46)47-41(33-13-5-3-6-14-33)31-37(32-42(47)34-15-7-4-8-16-34)51-56-49(35-23-27-53-28-24-35)55-50(57-51)36-25-29-54-30-26-36/h3-32H,1-2H3. The van der Waals surface area contributed by atoms with E-state index in [1.165, 1.54) is 38.5 Å². The molecule has 6 heteroatoms. The number of hydrogen-bond donors (Lipinski definition) is 0. The molecule has 6 nitrogen and oxygen atoms in total. The highest BCUT2D eigenvalue weighted by atomic mass is 15.0. The third-order valence-corrected chi connectivity index (χ3v) is 11.7. The van der Waals surface area contributed by atoms with Gasteiger partial charge in [0.05, 0.1) is 16.7 Å². The van der Waals surface area contributed by atoms with Gasteiger partial charge in [-0.2, -0.15) is 0 Å². The van der Waals surface area contributed by atoms with Gasteiger partial charge in [-0.3, -0.25) is 9.97 Å². The van der Waals surface area contributed by atoms with E-state index in [1.807, 2.05) is 24.3 Å². The van der Waals surface area contributed by atoms with Crippen LogP contribution in [0.2, 0.25) is 0 Å². The summed E-state index contributed by atoms with van der Waals surface area (Å²) in [5.41, 5.74) is 15.5. The summed E-state index contributed by atoms with van der Waals surface area (Å²) in [6.07, 6.45) is 7.07. The highest BCUT2D eigenvalue weighted by molar-refractivity contribution is 6.16. The van der Waals surface area contributed by atoms with E-state index in [0.29, 0.717) is 17.5 Å². The Morgan fingerprint density at radius 2 is 0.931 bits per heavy atom. The number of hydrogen-bond acceptors (Lipinski definition) is 5. The molecule has 0 fully saturated rings. The summed E-state index contributed by atoms with van der Waals surface area (Å²) in [5.74, 6) is 1.73. The normalized spacial score (nSPS) is 12.8. The molecule has 0 N–H and O–H groups in total. The topological polar surface area (TPSA) is 69.4 Å². The smallest absolute Gasteiger partial charge is 0.164 e. The lowest BCUT2D eigenvalue weighted by Crippen LogP contribution is -2.14. The number of nitrogens with zero attached hydrogens (tertiary/aromatic N) is 6. The quantitative estimate of drug-likeness (QED) is 0.170. The van der Waals surface area contributed by atoms with Gasteiger partial charge in [0, 0.05) is 74.4 Å². The molecule has 0 bridgehead atoms. The number of pyridine rings is 2. The van der Waals surface area contributed by atoms with E-state index in [-0.39, 0.29) is 5.41 Å². The lowest BCUT2D eigenvalue weighted by Gasteiger charge is -2.23. The van der Waals surface area contributed by atoms with E-state index < -0.39 is 0 Å². The number of rotatable bonds is 6. The highest BCUT2D eigenvalue weighted by Crippen LogP contribution is 2.54. The van der Waals surface area contributed by atoms with Gasteiger partial charge in [-0.1, -0.05) is 129 Å².